The lowest BCUT2D eigenvalue weighted by Gasteiger charge is -2.12. The number of hydrogen-bond acceptors (Lipinski definition) is 4. The number of thioether (sulfide) groups is 1. The number of hydrogen-bond donors (Lipinski definition) is 0. The lowest BCUT2D eigenvalue weighted by atomic mass is 10.2. The van der Waals surface area contributed by atoms with E-state index in [0.29, 0.717) is 15.3 Å². The lowest BCUT2D eigenvalue weighted by molar-refractivity contribution is 0.879. The minimum absolute atomic E-state index is 0.381. The Morgan fingerprint density at radius 1 is 1.00 bits per heavy atom. The van der Waals surface area contributed by atoms with Gasteiger partial charge in [-0.25, -0.2) is 0 Å². The first-order valence-corrected chi connectivity index (χ1v) is 8.67. The molecule has 4 nitrogen and oxygen atoms in total. The number of aromatic nitrogens is 4. The van der Waals surface area contributed by atoms with Gasteiger partial charge in [-0.05, 0) is 30.3 Å². The molecule has 0 saturated heterocycles. The van der Waals surface area contributed by atoms with Gasteiger partial charge in [-0.3, -0.25) is 9.55 Å². The Morgan fingerprint density at radius 3 is 2.39 bits per heavy atom. The predicted octanol–water partition coefficient (Wildman–Crippen LogP) is 5.14. The number of pyridine rings is 1. The van der Waals surface area contributed by atoms with Crippen LogP contribution in [-0.2, 0) is 0 Å². The van der Waals surface area contributed by atoms with Crippen molar-refractivity contribution in [1.82, 2.24) is 19.7 Å². The zero-order valence-corrected chi connectivity index (χ0v) is 14.9. The van der Waals surface area contributed by atoms with Crippen LogP contribution in [0.4, 0.5) is 0 Å². The van der Waals surface area contributed by atoms with Crippen molar-refractivity contribution in [2.75, 3.05) is 0 Å². The van der Waals surface area contributed by atoms with Gasteiger partial charge in [0.1, 0.15) is 0 Å². The average Bonchev–Trinajstić information content (AvgIpc) is 2.94. The SMILES string of the molecule is CC(C)Sc1nnc(-c2ccncc2)n1-c1ccc(Cl)c(Cl)c1. The van der Waals surface area contributed by atoms with Crippen molar-refractivity contribution in [1.29, 1.82) is 0 Å². The third kappa shape index (κ3) is 3.52. The molecule has 0 unspecified atom stereocenters. The van der Waals surface area contributed by atoms with E-state index in [1.165, 1.54) is 0 Å². The van der Waals surface area contributed by atoms with Gasteiger partial charge in [0.25, 0.3) is 0 Å². The van der Waals surface area contributed by atoms with Gasteiger partial charge in [0.2, 0.25) is 0 Å². The van der Waals surface area contributed by atoms with Gasteiger partial charge in [-0.2, -0.15) is 0 Å². The molecule has 0 radical (unpaired) electrons. The zero-order chi connectivity index (χ0) is 16.4. The van der Waals surface area contributed by atoms with E-state index in [1.54, 1.807) is 30.2 Å². The van der Waals surface area contributed by atoms with E-state index in [0.717, 1.165) is 22.2 Å². The van der Waals surface area contributed by atoms with Gasteiger partial charge in [-0.15, -0.1) is 10.2 Å². The van der Waals surface area contributed by atoms with Crippen LogP contribution in [0.3, 0.4) is 0 Å². The number of nitrogens with zero attached hydrogens (tertiary/aromatic N) is 4. The van der Waals surface area contributed by atoms with Crippen LogP contribution in [0.25, 0.3) is 17.1 Å². The summed E-state index contributed by atoms with van der Waals surface area (Å²) in [4.78, 5) is 4.05. The molecule has 0 aliphatic heterocycles. The Bertz CT molecular complexity index is 818. The van der Waals surface area contributed by atoms with Gasteiger partial charge in [-0.1, -0.05) is 48.8 Å². The highest BCUT2D eigenvalue weighted by atomic mass is 35.5. The maximum Gasteiger partial charge on any atom is 0.196 e. The van der Waals surface area contributed by atoms with Gasteiger partial charge in [0.15, 0.2) is 11.0 Å². The first kappa shape index (κ1) is 16.3. The summed E-state index contributed by atoms with van der Waals surface area (Å²) in [6, 6.07) is 9.32. The lowest BCUT2D eigenvalue weighted by Crippen LogP contribution is -2.01. The molecule has 7 heteroatoms. The summed E-state index contributed by atoms with van der Waals surface area (Å²) in [5, 5.41) is 10.9. The van der Waals surface area contributed by atoms with E-state index in [4.69, 9.17) is 23.2 Å². The molecule has 23 heavy (non-hydrogen) atoms. The fourth-order valence-corrected chi connectivity index (χ4v) is 3.20. The minimum Gasteiger partial charge on any atom is -0.270 e. The summed E-state index contributed by atoms with van der Waals surface area (Å²) >= 11 is 13.9. The number of benzene rings is 1. The molecule has 118 valence electrons. The van der Waals surface area contributed by atoms with Gasteiger partial charge < -0.3 is 0 Å². The summed E-state index contributed by atoms with van der Waals surface area (Å²) < 4.78 is 1.99. The van der Waals surface area contributed by atoms with Crippen molar-refractivity contribution in [2.24, 2.45) is 0 Å². The molecule has 0 spiro atoms. The normalized spacial score (nSPS) is 11.2. The van der Waals surface area contributed by atoms with Crippen molar-refractivity contribution in [3.05, 3.63) is 52.8 Å². The highest BCUT2D eigenvalue weighted by molar-refractivity contribution is 7.99. The molecule has 0 N–H and O–H groups in total. The van der Waals surface area contributed by atoms with Crippen LogP contribution >= 0.6 is 35.0 Å². The molecule has 0 atom stereocenters. The summed E-state index contributed by atoms with van der Waals surface area (Å²) in [7, 11) is 0. The van der Waals surface area contributed by atoms with Crippen molar-refractivity contribution in [3.63, 3.8) is 0 Å². The third-order valence-corrected chi connectivity index (χ3v) is 4.76. The van der Waals surface area contributed by atoms with E-state index in [2.05, 4.69) is 29.0 Å². The predicted molar refractivity (Wildman–Crippen MR) is 95.6 cm³/mol. The smallest absolute Gasteiger partial charge is 0.196 e. The molecule has 0 amide bonds. The average molecular weight is 365 g/mol. The largest absolute Gasteiger partial charge is 0.270 e. The van der Waals surface area contributed by atoms with Crippen LogP contribution < -0.4 is 0 Å². The molecule has 2 aromatic heterocycles. The molecule has 0 aliphatic rings. The summed E-state index contributed by atoms with van der Waals surface area (Å²) in [5.41, 5.74) is 1.81. The number of rotatable bonds is 4. The van der Waals surface area contributed by atoms with Crippen LogP contribution in [0.5, 0.6) is 0 Å². The summed E-state index contributed by atoms with van der Waals surface area (Å²) in [6.45, 7) is 4.23. The third-order valence-electron chi connectivity index (χ3n) is 3.07. The summed E-state index contributed by atoms with van der Waals surface area (Å²) in [6.07, 6.45) is 3.47. The Morgan fingerprint density at radius 2 is 1.74 bits per heavy atom. The first-order valence-electron chi connectivity index (χ1n) is 7.04. The van der Waals surface area contributed by atoms with E-state index >= 15 is 0 Å². The van der Waals surface area contributed by atoms with Gasteiger partial charge in [0, 0.05) is 23.2 Å². The molecule has 0 fully saturated rings. The van der Waals surface area contributed by atoms with E-state index < -0.39 is 0 Å². The quantitative estimate of drug-likeness (QED) is 0.601. The molecule has 0 bridgehead atoms. The van der Waals surface area contributed by atoms with Crippen LogP contribution in [-0.4, -0.2) is 25.0 Å². The van der Waals surface area contributed by atoms with Crippen molar-refractivity contribution >= 4 is 35.0 Å². The Balaban J connectivity index is 2.18. The summed E-state index contributed by atoms with van der Waals surface area (Å²) in [5.74, 6) is 0.744. The van der Waals surface area contributed by atoms with Crippen LogP contribution in [0, 0.1) is 0 Å². The monoisotopic (exact) mass is 364 g/mol. The molecular formula is C16H14Cl2N4S. The molecule has 3 aromatic rings. The highest BCUT2D eigenvalue weighted by Crippen LogP contribution is 2.32. The van der Waals surface area contributed by atoms with Crippen LogP contribution in [0.2, 0.25) is 10.0 Å². The van der Waals surface area contributed by atoms with E-state index in [1.807, 2.05) is 28.8 Å². The van der Waals surface area contributed by atoms with Crippen molar-refractivity contribution in [2.45, 2.75) is 24.3 Å². The van der Waals surface area contributed by atoms with Crippen molar-refractivity contribution in [3.8, 4) is 17.1 Å². The molecule has 3 rings (SSSR count). The van der Waals surface area contributed by atoms with Crippen LogP contribution in [0.15, 0.2) is 47.9 Å². The Labute approximate surface area is 148 Å². The molecule has 1 aromatic carbocycles. The second-order valence-electron chi connectivity index (χ2n) is 5.14. The van der Waals surface area contributed by atoms with Gasteiger partial charge >= 0.3 is 0 Å². The standard InChI is InChI=1S/C16H14Cl2N4S/c1-10(2)23-16-21-20-15(11-5-7-19-8-6-11)22(16)12-3-4-13(17)14(18)9-12/h3-10H,1-2H3. The molecule has 0 aliphatic carbocycles. The topological polar surface area (TPSA) is 43.6 Å². The minimum atomic E-state index is 0.381. The maximum atomic E-state index is 6.18. The highest BCUT2D eigenvalue weighted by Gasteiger charge is 2.17. The molecule has 2 heterocycles. The Hall–Kier alpha value is -1.56. The fraction of sp³-hybridized carbons (Fsp3) is 0.188. The van der Waals surface area contributed by atoms with E-state index in [9.17, 15) is 0 Å². The molecular weight excluding hydrogens is 351 g/mol. The van der Waals surface area contributed by atoms with Crippen molar-refractivity contribution < 1.29 is 0 Å². The zero-order valence-electron chi connectivity index (χ0n) is 12.6. The second-order valence-corrected chi connectivity index (χ2v) is 7.50. The second kappa shape index (κ2) is 6.91. The van der Waals surface area contributed by atoms with Gasteiger partial charge in [0.05, 0.1) is 15.7 Å². The number of halogens is 2. The molecule has 0 saturated carbocycles. The van der Waals surface area contributed by atoms with E-state index in [-0.39, 0.29) is 0 Å². The first-order chi connectivity index (χ1) is 11.1. The Kier molecular flexibility index (Phi) is 4.90. The van der Waals surface area contributed by atoms with Crippen LogP contribution in [0.1, 0.15) is 13.8 Å². The maximum absolute atomic E-state index is 6.18. The fourth-order valence-electron chi connectivity index (χ4n) is 2.10.